The minimum Gasteiger partial charge on any atom is -0.381 e. The molecular formula is C33H44Cl4N2O2. The maximum Gasteiger partial charge on any atom is 0.0595 e. The van der Waals surface area contributed by atoms with Gasteiger partial charge in [-0.3, -0.25) is 0 Å². The molecule has 4 aliphatic heterocycles. The number of fused-ring (bicyclic) bond motifs is 4. The van der Waals surface area contributed by atoms with Crippen molar-refractivity contribution in [3.05, 3.63) is 67.6 Å². The van der Waals surface area contributed by atoms with E-state index in [0.717, 1.165) is 26.4 Å². The van der Waals surface area contributed by atoms with Crippen LogP contribution >= 0.6 is 46.4 Å². The molecule has 0 amide bonds. The van der Waals surface area contributed by atoms with E-state index in [1.54, 1.807) is 0 Å². The lowest BCUT2D eigenvalue weighted by Gasteiger charge is -2.43. The summed E-state index contributed by atoms with van der Waals surface area (Å²) < 4.78 is 11.5. The van der Waals surface area contributed by atoms with Gasteiger partial charge < -0.3 is 19.7 Å². The zero-order valence-corrected chi connectivity index (χ0v) is 27.5. The first-order valence-corrected chi connectivity index (χ1v) is 16.8. The summed E-state index contributed by atoms with van der Waals surface area (Å²) in [4.78, 5) is 2.57. The molecule has 0 radical (unpaired) electrons. The molecule has 4 bridgehead atoms. The minimum atomic E-state index is 0.523. The van der Waals surface area contributed by atoms with Crippen LogP contribution in [0.4, 0.5) is 0 Å². The number of rotatable bonds is 8. The molecule has 226 valence electrons. The van der Waals surface area contributed by atoms with Crippen LogP contribution in [0.5, 0.6) is 0 Å². The molecule has 2 aromatic carbocycles. The van der Waals surface area contributed by atoms with Crippen LogP contribution in [0.3, 0.4) is 0 Å². The Kier molecular flexibility index (Phi) is 11.2. The third-order valence-corrected chi connectivity index (χ3v) is 11.5. The standard InChI is InChI=1S/C17H23Cl2NO.C16H21Cl2NO/c1-3-21-10-14-13(9-12-5-7-17(14)20(12)2)11-4-6-15(18)16(19)8-11;1-2-20-9-13-12(8-11-4-6-16(13)19-11)10-3-5-14(17)15(18)7-10/h4,6,8,12-14,17H,3,5,7,9-10H2,1-2H3;3,5,7,11-13,16,19H,2,4,6,8-9H2,1H3/t12?,13-,14-,17?;11?,12-,13-,16?/m11/s1. The lowest BCUT2D eigenvalue weighted by Crippen LogP contribution is -2.47. The second-order valence-corrected chi connectivity index (χ2v) is 13.8. The Morgan fingerprint density at radius 2 is 1.32 bits per heavy atom. The number of piperidine rings is 2. The fourth-order valence-electron chi connectivity index (χ4n) is 7.93. The van der Waals surface area contributed by atoms with Crippen LogP contribution in [0.1, 0.15) is 75.3 Å². The molecule has 2 aromatic rings. The van der Waals surface area contributed by atoms with Crippen molar-refractivity contribution in [2.75, 3.05) is 33.5 Å². The molecule has 0 spiro atoms. The van der Waals surface area contributed by atoms with Crippen molar-refractivity contribution in [1.82, 2.24) is 10.2 Å². The van der Waals surface area contributed by atoms with Gasteiger partial charge in [-0.25, -0.2) is 0 Å². The van der Waals surface area contributed by atoms with Gasteiger partial charge in [-0.1, -0.05) is 58.5 Å². The number of nitrogens with one attached hydrogen (secondary N) is 1. The predicted molar refractivity (Wildman–Crippen MR) is 172 cm³/mol. The summed E-state index contributed by atoms with van der Waals surface area (Å²) in [5, 5.41) is 6.33. The van der Waals surface area contributed by atoms with Gasteiger partial charge in [-0.05, 0) is 107 Å². The summed E-state index contributed by atoms with van der Waals surface area (Å²) in [6, 6.07) is 14.8. The topological polar surface area (TPSA) is 33.7 Å². The third kappa shape index (κ3) is 7.23. The third-order valence-electron chi connectivity index (χ3n) is 10.1. The van der Waals surface area contributed by atoms with Crippen molar-refractivity contribution in [3.63, 3.8) is 0 Å². The molecule has 0 aliphatic carbocycles. The van der Waals surface area contributed by atoms with Crippen LogP contribution in [-0.2, 0) is 9.47 Å². The highest BCUT2D eigenvalue weighted by molar-refractivity contribution is 6.42. The number of hydrogen-bond acceptors (Lipinski definition) is 4. The fourth-order valence-corrected chi connectivity index (χ4v) is 8.55. The lowest BCUT2D eigenvalue weighted by atomic mass is 9.76. The van der Waals surface area contributed by atoms with E-state index in [1.807, 2.05) is 18.2 Å². The highest BCUT2D eigenvalue weighted by atomic mass is 35.5. The van der Waals surface area contributed by atoms with Crippen LogP contribution in [0, 0.1) is 11.8 Å². The maximum atomic E-state index is 6.23. The molecule has 8 heteroatoms. The van der Waals surface area contributed by atoms with E-state index in [-0.39, 0.29) is 0 Å². The Balaban J connectivity index is 0.000000165. The quantitative estimate of drug-likeness (QED) is 0.312. The second-order valence-electron chi connectivity index (χ2n) is 12.2. The first-order valence-electron chi connectivity index (χ1n) is 15.3. The Labute approximate surface area is 266 Å². The summed E-state index contributed by atoms with van der Waals surface area (Å²) in [5.74, 6) is 2.13. The summed E-state index contributed by atoms with van der Waals surface area (Å²) in [6.45, 7) is 7.35. The van der Waals surface area contributed by atoms with Crippen molar-refractivity contribution in [2.24, 2.45) is 11.8 Å². The van der Waals surface area contributed by atoms with Crippen molar-refractivity contribution in [1.29, 1.82) is 0 Å². The average Bonchev–Trinajstić information content (AvgIpc) is 3.46. The second kappa shape index (κ2) is 14.5. The maximum absolute atomic E-state index is 6.23. The highest BCUT2D eigenvalue weighted by Gasteiger charge is 2.46. The van der Waals surface area contributed by atoms with Crippen LogP contribution in [0.25, 0.3) is 0 Å². The number of benzene rings is 2. The van der Waals surface area contributed by atoms with Gasteiger partial charge in [0.05, 0.1) is 33.3 Å². The molecule has 41 heavy (non-hydrogen) atoms. The lowest BCUT2D eigenvalue weighted by molar-refractivity contribution is 0.0253. The van der Waals surface area contributed by atoms with Gasteiger partial charge in [0.15, 0.2) is 0 Å². The molecule has 6 rings (SSSR count). The molecule has 4 fully saturated rings. The highest BCUT2D eigenvalue weighted by Crippen LogP contribution is 2.47. The molecule has 4 saturated heterocycles. The van der Waals surface area contributed by atoms with Crippen LogP contribution in [0.2, 0.25) is 20.1 Å². The first-order chi connectivity index (χ1) is 19.8. The summed E-state index contributed by atoms with van der Waals surface area (Å²) in [5.41, 5.74) is 2.63. The molecule has 8 atom stereocenters. The molecule has 1 N–H and O–H groups in total. The van der Waals surface area contributed by atoms with E-state index in [4.69, 9.17) is 55.9 Å². The predicted octanol–water partition coefficient (Wildman–Crippen LogP) is 8.85. The Morgan fingerprint density at radius 1 is 0.732 bits per heavy atom. The molecule has 0 aromatic heterocycles. The van der Waals surface area contributed by atoms with Crippen molar-refractivity contribution < 1.29 is 9.47 Å². The largest absolute Gasteiger partial charge is 0.381 e. The average molecular weight is 643 g/mol. The number of nitrogens with zero attached hydrogens (tertiary/aromatic N) is 1. The van der Waals surface area contributed by atoms with Gasteiger partial charge in [-0.2, -0.15) is 0 Å². The fraction of sp³-hybridized carbons (Fsp3) is 0.636. The zero-order chi connectivity index (χ0) is 29.1. The van der Waals surface area contributed by atoms with Crippen LogP contribution in [-0.4, -0.2) is 62.5 Å². The Morgan fingerprint density at radius 3 is 1.90 bits per heavy atom. The van der Waals surface area contributed by atoms with Gasteiger partial charge in [0.2, 0.25) is 0 Å². The van der Waals surface area contributed by atoms with Crippen molar-refractivity contribution in [2.45, 2.75) is 88.4 Å². The number of halogens is 4. The molecule has 4 aliphatic rings. The molecule has 4 unspecified atom stereocenters. The van der Waals surface area contributed by atoms with Crippen LogP contribution in [0.15, 0.2) is 36.4 Å². The van der Waals surface area contributed by atoms with E-state index in [2.05, 4.69) is 49.3 Å². The van der Waals surface area contributed by atoms with Gasteiger partial charge >= 0.3 is 0 Å². The normalized spacial score (nSPS) is 32.6. The van der Waals surface area contributed by atoms with E-state index in [1.165, 1.54) is 49.7 Å². The summed E-state index contributed by atoms with van der Waals surface area (Å²) in [6.07, 6.45) is 7.51. The van der Waals surface area contributed by atoms with E-state index in [0.29, 0.717) is 67.9 Å². The minimum absolute atomic E-state index is 0.523. The first kappa shape index (κ1) is 31.9. The molecule has 4 heterocycles. The van der Waals surface area contributed by atoms with E-state index < -0.39 is 0 Å². The van der Waals surface area contributed by atoms with Gasteiger partial charge in [0, 0.05) is 49.2 Å². The van der Waals surface area contributed by atoms with E-state index in [9.17, 15) is 0 Å². The van der Waals surface area contributed by atoms with Gasteiger partial charge in [0.25, 0.3) is 0 Å². The Hall–Kier alpha value is -0.560. The smallest absolute Gasteiger partial charge is 0.0595 e. The van der Waals surface area contributed by atoms with Crippen molar-refractivity contribution >= 4 is 46.4 Å². The molecular weight excluding hydrogens is 598 g/mol. The van der Waals surface area contributed by atoms with Crippen molar-refractivity contribution in [3.8, 4) is 0 Å². The monoisotopic (exact) mass is 640 g/mol. The van der Waals surface area contributed by atoms with Crippen LogP contribution < -0.4 is 5.32 Å². The van der Waals surface area contributed by atoms with E-state index >= 15 is 0 Å². The summed E-state index contributed by atoms with van der Waals surface area (Å²) >= 11 is 24.5. The molecule has 4 nitrogen and oxygen atoms in total. The zero-order valence-electron chi connectivity index (χ0n) is 24.4. The number of hydrogen-bond donors (Lipinski definition) is 1. The van der Waals surface area contributed by atoms with Gasteiger partial charge in [0.1, 0.15) is 0 Å². The van der Waals surface area contributed by atoms with Gasteiger partial charge in [-0.15, -0.1) is 0 Å². The number of ether oxygens (including phenoxy) is 2. The SMILES string of the molecule is CCOC[C@H]1C2CCC(C[C@@H]1c1ccc(Cl)c(Cl)c1)N2.CCOC[C@H]1C2CCC(C[C@@H]1c1ccc(Cl)c(Cl)c1)N2C. The summed E-state index contributed by atoms with van der Waals surface area (Å²) in [7, 11) is 2.27. The molecule has 0 saturated carbocycles. The Bertz CT molecular complexity index is 1170.